The Morgan fingerprint density at radius 1 is 1.26 bits per heavy atom. The fourth-order valence-electron chi connectivity index (χ4n) is 4.74. The van der Waals surface area contributed by atoms with E-state index in [4.69, 9.17) is 4.74 Å². The number of imidazole rings is 1. The molecule has 1 aliphatic heterocycles. The normalized spacial score (nSPS) is 18.3. The van der Waals surface area contributed by atoms with Crippen molar-refractivity contribution in [1.29, 1.82) is 0 Å². The maximum absolute atomic E-state index is 13.7. The average Bonchev–Trinajstić information content (AvgIpc) is 3.61. The van der Waals surface area contributed by atoms with Gasteiger partial charge in [-0.2, -0.15) is 4.31 Å². The zero-order valence-electron chi connectivity index (χ0n) is 23.6. The Kier molecular flexibility index (Phi) is 8.32. The zero-order valence-corrected chi connectivity index (χ0v) is 25.2. The molecule has 222 valence electrons. The standard InChI is InChI=1S/C28H32N6O6S2/c1-17-12-34(18(2)15-35)28(37)19-8-7-10-21(30-26(36)27-31-20-9-5-6-11-23(20)41-27)25(19)40-22(17)13-33(4)42(38,39)24-14-32(3)16-29-24/h5-11,14,16-18,22,35H,12-13,15H2,1-4H3,(H,30,36)/t17-,18-,22+/m1/s1. The summed E-state index contributed by atoms with van der Waals surface area (Å²) in [6.45, 7) is 3.47. The van der Waals surface area contributed by atoms with Gasteiger partial charge in [-0.3, -0.25) is 9.59 Å². The third-order valence-electron chi connectivity index (χ3n) is 7.22. The number of likely N-dealkylation sites (N-methyl/N-ethyl adjacent to an activating group) is 1. The van der Waals surface area contributed by atoms with Crippen LogP contribution >= 0.6 is 11.3 Å². The van der Waals surface area contributed by atoms with Crippen molar-refractivity contribution >= 4 is 49.1 Å². The van der Waals surface area contributed by atoms with Gasteiger partial charge in [0.25, 0.3) is 21.8 Å². The van der Waals surface area contributed by atoms with Crippen LogP contribution in [-0.4, -0.2) is 88.0 Å². The van der Waals surface area contributed by atoms with Crippen molar-refractivity contribution in [3.8, 4) is 5.75 Å². The molecule has 2 N–H and O–H groups in total. The quantitative estimate of drug-likeness (QED) is 0.309. The van der Waals surface area contributed by atoms with Crippen LogP contribution in [0.4, 0.5) is 5.69 Å². The number of sulfonamides is 1. The van der Waals surface area contributed by atoms with Crippen molar-refractivity contribution < 1.29 is 27.9 Å². The van der Waals surface area contributed by atoms with Crippen LogP contribution in [0, 0.1) is 5.92 Å². The maximum Gasteiger partial charge on any atom is 0.284 e. The SMILES string of the molecule is C[C@@H]1CN([C@H](C)CO)C(=O)c2cccc(NC(=O)c3nc4ccccc4s3)c2O[C@H]1CN(C)S(=O)(=O)c1cn(C)cn1. The number of carbonyl (C=O) groups is 2. The van der Waals surface area contributed by atoms with Crippen molar-refractivity contribution in [1.82, 2.24) is 23.7 Å². The van der Waals surface area contributed by atoms with E-state index in [1.165, 1.54) is 35.2 Å². The van der Waals surface area contributed by atoms with E-state index in [9.17, 15) is 23.1 Å². The Labute approximate surface area is 247 Å². The highest BCUT2D eigenvalue weighted by molar-refractivity contribution is 7.89. The summed E-state index contributed by atoms with van der Waals surface area (Å²) in [4.78, 5) is 37.0. The van der Waals surface area contributed by atoms with Crippen LogP contribution in [0.3, 0.4) is 0 Å². The second kappa shape index (κ2) is 11.8. The Morgan fingerprint density at radius 3 is 2.71 bits per heavy atom. The third-order valence-corrected chi connectivity index (χ3v) is 9.96. The van der Waals surface area contributed by atoms with E-state index < -0.39 is 28.1 Å². The molecule has 42 heavy (non-hydrogen) atoms. The zero-order chi connectivity index (χ0) is 30.2. The molecule has 0 spiro atoms. The van der Waals surface area contributed by atoms with Gasteiger partial charge in [0, 0.05) is 32.8 Å². The number of rotatable bonds is 8. The number of anilines is 1. The van der Waals surface area contributed by atoms with Crippen LogP contribution in [0.25, 0.3) is 10.2 Å². The van der Waals surface area contributed by atoms with E-state index >= 15 is 0 Å². The molecule has 12 nitrogen and oxygen atoms in total. The Hall–Kier alpha value is -3.85. The lowest BCUT2D eigenvalue weighted by Crippen LogP contribution is -2.50. The molecule has 0 fully saturated rings. The first-order chi connectivity index (χ1) is 20.0. The van der Waals surface area contributed by atoms with Gasteiger partial charge in [-0.25, -0.2) is 18.4 Å². The molecule has 5 rings (SSSR count). The van der Waals surface area contributed by atoms with E-state index in [-0.39, 0.29) is 58.6 Å². The minimum atomic E-state index is -3.94. The van der Waals surface area contributed by atoms with Gasteiger partial charge in [-0.15, -0.1) is 11.3 Å². The number of amides is 2. The van der Waals surface area contributed by atoms with Gasteiger partial charge in [0.2, 0.25) is 0 Å². The van der Waals surface area contributed by atoms with Crippen molar-refractivity contribution in [2.45, 2.75) is 31.0 Å². The molecule has 14 heteroatoms. The molecule has 2 amide bonds. The van der Waals surface area contributed by atoms with Crippen molar-refractivity contribution in [2.75, 3.05) is 32.1 Å². The fraction of sp³-hybridized carbons (Fsp3) is 0.357. The lowest BCUT2D eigenvalue weighted by molar-refractivity contribution is 0.0388. The molecular formula is C28H32N6O6S2. The summed E-state index contributed by atoms with van der Waals surface area (Å²) in [5.41, 5.74) is 1.13. The van der Waals surface area contributed by atoms with Gasteiger partial charge in [0.15, 0.2) is 15.8 Å². The molecule has 3 heterocycles. The summed E-state index contributed by atoms with van der Waals surface area (Å²) < 4.78 is 36.6. The van der Waals surface area contributed by atoms with Crippen LogP contribution in [-0.2, 0) is 17.1 Å². The second-order valence-corrected chi connectivity index (χ2v) is 13.4. The first-order valence-electron chi connectivity index (χ1n) is 13.3. The number of hydrogen-bond donors (Lipinski definition) is 2. The van der Waals surface area contributed by atoms with Gasteiger partial charge in [0.1, 0.15) is 6.10 Å². The minimum Gasteiger partial charge on any atom is -0.486 e. The number of fused-ring (bicyclic) bond motifs is 2. The van der Waals surface area contributed by atoms with E-state index in [0.717, 1.165) is 4.70 Å². The number of hydrogen-bond acceptors (Lipinski definition) is 9. The number of benzene rings is 2. The number of ether oxygens (including phenoxy) is 1. The van der Waals surface area contributed by atoms with E-state index in [1.807, 2.05) is 31.2 Å². The summed E-state index contributed by atoms with van der Waals surface area (Å²) >= 11 is 1.24. The predicted molar refractivity (Wildman–Crippen MR) is 158 cm³/mol. The third kappa shape index (κ3) is 5.75. The number of nitrogens with one attached hydrogen (secondary N) is 1. The molecule has 0 unspecified atom stereocenters. The van der Waals surface area contributed by atoms with E-state index in [0.29, 0.717) is 5.52 Å². The number of nitrogens with zero attached hydrogens (tertiary/aromatic N) is 5. The van der Waals surface area contributed by atoms with Crippen LogP contribution in [0.15, 0.2) is 60.0 Å². The summed E-state index contributed by atoms with van der Waals surface area (Å²) in [6, 6.07) is 11.7. The highest BCUT2D eigenvalue weighted by Crippen LogP contribution is 2.36. The number of thiazole rings is 1. The first-order valence-corrected chi connectivity index (χ1v) is 15.6. The predicted octanol–water partition coefficient (Wildman–Crippen LogP) is 2.82. The number of para-hydroxylation sites is 2. The van der Waals surface area contributed by atoms with Crippen LogP contribution < -0.4 is 10.1 Å². The Bertz CT molecular complexity index is 1700. The minimum absolute atomic E-state index is 0.0603. The smallest absolute Gasteiger partial charge is 0.284 e. The molecule has 4 aromatic rings. The highest BCUT2D eigenvalue weighted by Gasteiger charge is 2.36. The topological polar surface area (TPSA) is 147 Å². The number of aliphatic hydroxyl groups excluding tert-OH is 1. The van der Waals surface area contributed by atoms with Gasteiger partial charge in [-0.1, -0.05) is 25.1 Å². The van der Waals surface area contributed by atoms with Crippen LogP contribution in [0.2, 0.25) is 0 Å². The number of aryl methyl sites for hydroxylation is 1. The fourth-order valence-corrected chi connectivity index (χ4v) is 6.74. The molecule has 3 atom stereocenters. The molecule has 0 aliphatic carbocycles. The van der Waals surface area contributed by atoms with Crippen molar-refractivity contribution in [3.05, 3.63) is 65.6 Å². The largest absolute Gasteiger partial charge is 0.486 e. The Morgan fingerprint density at radius 2 is 2.02 bits per heavy atom. The molecule has 0 saturated heterocycles. The molecule has 0 radical (unpaired) electrons. The first kappa shape index (κ1) is 29.6. The van der Waals surface area contributed by atoms with Gasteiger partial charge >= 0.3 is 0 Å². The molecule has 2 aromatic heterocycles. The summed E-state index contributed by atoms with van der Waals surface area (Å²) in [5, 5.41) is 12.9. The van der Waals surface area contributed by atoms with Crippen LogP contribution in [0.5, 0.6) is 5.75 Å². The lowest BCUT2D eigenvalue weighted by Gasteiger charge is -2.38. The molecule has 0 saturated carbocycles. The van der Waals surface area contributed by atoms with Gasteiger partial charge in [-0.05, 0) is 31.2 Å². The highest BCUT2D eigenvalue weighted by atomic mass is 32.2. The van der Waals surface area contributed by atoms with E-state index in [2.05, 4.69) is 15.3 Å². The summed E-state index contributed by atoms with van der Waals surface area (Å²) in [7, 11) is -0.813. The maximum atomic E-state index is 13.7. The molecule has 1 aliphatic rings. The summed E-state index contributed by atoms with van der Waals surface area (Å²) in [5.74, 6) is -1.08. The summed E-state index contributed by atoms with van der Waals surface area (Å²) in [6.07, 6.45) is 2.10. The van der Waals surface area contributed by atoms with Gasteiger partial charge < -0.3 is 24.6 Å². The second-order valence-electron chi connectivity index (χ2n) is 10.4. The molecular weight excluding hydrogens is 580 g/mol. The van der Waals surface area contributed by atoms with Crippen LogP contribution in [0.1, 0.15) is 34.0 Å². The number of aliphatic hydroxyl groups is 1. The monoisotopic (exact) mass is 612 g/mol. The Balaban J connectivity index is 1.51. The number of aromatic nitrogens is 3. The van der Waals surface area contributed by atoms with E-state index in [1.54, 1.807) is 41.6 Å². The average molecular weight is 613 g/mol. The van der Waals surface area contributed by atoms with Crippen molar-refractivity contribution in [2.24, 2.45) is 13.0 Å². The lowest BCUT2D eigenvalue weighted by atomic mass is 9.99. The van der Waals surface area contributed by atoms with Gasteiger partial charge in [0.05, 0.1) is 47.0 Å². The number of carbonyl (C=O) groups excluding carboxylic acids is 2. The molecule has 2 aromatic carbocycles. The van der Waals surface area contributed by atoms with Crippen molar-refractivity contribution in [3.63, 3.8) is 0 Å². The molecule has 0 bridgehead atoms.